The third-order valence-electron chi connectivity index (χ3n) is 4.36. The lowest BCUT2D eigenvalue weighted by Gasteiger charge is -2.16. The highest BCUT2D eigenvalue weighted by atomic mass is 32.2. The van der Waals surface area contributed by atoms with Gasteiger partial charge in [0.25, 0.3) is 5.56 Å². The molecule has 0 aliphatic carbocycles. The van der Waals surface area contributed by atoms with E-state index in [1.54, 1.807) is 17.2 Å². The van der Waals surface area contributed by atoms with E-state index in [2.05, 4.69) is 15.4 Å². The fraction of sp³-hybridized carbons (Fsp3) is 0.278. The number of carbonyl (C=O) groups is 2. The molecule has 0 saturated carbocycles. The summed E-state index contributed by atoms with van der Waals surface area (Å²) in [6.07, 6.45) is 0.862. The molecule has 2 aromatic heterocycles. The van der Waals surface area contributed by atoms with E-state index in [0.29, 0.717) is 17.3 Å². The summed E-state index contributed by atoms with van der Waals surface area (Å²) in [6.45, 7) is 2.26. The summed E-state index contributed by atoms with van der Waals surface area (Å²) in [7, 11) is 0. The van der Waals surface area contributed by atoms with Gasteiger partial charge in [0.05, 0.1) is 11.5 Å². The lowest BCUT2D eigenvalue weighted by molar-refractivity contribution is -0.116. The Morgan fingerprint density at radius 1 is 1.29 bits per heavy atom. The summed E-state index contributed by atoms with van der Waals surface area (Å²) in [5, 5.41) is 8.58. The fourth-order valence-electron chi connectivity index (χ4n) is 3.01. The van der Waals surface area contributed by atoms with Gasteiger partial charge in [0, 0.05) is 17.6 Å². The minimum absolute atomic E-state index is 0.00238. The van der Waals surface area contributed by atoms with Crippen LogP contribution in [0.15, 0.2) is 34.4 Å². The quantitative estimate of drug-likeness (QED) is 0.682. The number of fused-ring (bicyclic) bond motifs is 2. The molecule has 1 aromatic carbocycles. The van der Waals surface area contributed by atoms with Crippen LogP contribution in [0.2, 0.25) is 0 Å². The second-order valence-electron chi connectivity index (χ2n) is 6.28. The van der Waals surface area contributed by atoms with E-state index in [0.717, 1.165) is 12.1 Å². The number of anilines is 2. The van der Waals surface area contributed by atoms with Crippen molar-refractivity contribution in [1.82, 2.24) is 14.6 Å². The second-order valence-corrected chi connectivity index (χ2v) is 8.10. The number of carbonyl (C=O) groups excluding carboxylic acids is 2. The molecular weight excluding hydrogens is 398 g/mol. The summed E-state index contributed by atoms with van der Waals surface area (Å²) in [6, 6.07) is 7.88. The molecule has 10 heteroatoms. The van der Waals surface area contributed by atoms with Crippen LogP contribution in [0.5, 0.6) is 0 Å². The van der Waals surface area contributed by atoms with Gasteiger partial charge < -0.3 is 10.2 Å². The predicted octanol–water partition coefficient (Wildman–Crippen LogP) is 1.72. The maximum Gasteiger partial charge on any atom is 0.295 e. The minimum Gasteiger partial charge on any atom is -0.311 e. The Bertz CT molecular complexity index is 1120. The van der Waals surface area contributed by atoms with Gasteiger partial charge >= 0.3 is 0 Å². The number of thioether (sulfide) groups is 1. The number of benzene rings is 1. The molecule has 4 rings (SSSR count). The van der Waals surface area contributed by atoms with Crippen LogP contribution in [-0.2, 0) is 16.0 Å². The first kappa shape index (κ1) is 18.6. The van der Waals surface area contributed by atoms with E-state index in [1.165, 1.54) is 33.2 Å². The van der Waals surface area contributed by atoms with Crippen molar-refractivity contribution in [2.75, 3.05) is 28.3 Å². The van der Waals surface area contributed by atoms with E-state index in [1.807, 2.05) is 24.3 Å². The Hall–Kier alpha value is -2.72. The van der Waals surface area contributed by atoms with Gasteiger partial charge in [0.1, 0.15) is 11.5 Å². The first-order valence-corrected chi connectivity index (χ1v) is 10.7. The zero-order valence-electron chi connectivity index (χ0n) is 15.0. The van der Waals surface area contributed by atoms with Gasteiger partial charge in [-0.05, 0) is 25.0 Å². The van der Waals surface area contributed by atoms with Crippen LogP contribution in [0.4, 0.5) is 11.5 Å². The molecule has 144 valence electrons. The van der Waals surface area contributed by atoms with Crippen molar-refractivity contribution in [3.05, 3.63) is 51.3 Å². The van der Waals surface area contributed by atoms with Crippen LogP contribution < -0.4 is 15.8 Å². The smallest absolute Gasteiger partial charge is 0.295 e. The molecule has 3 heterocycles. The SMILES string of the molecule is Cc1nn2c(NC(=O)CSCC(=O)N3CCc4ccccc43)csc2nc1=O. The van der Waals surface area contributed by atoms with Crippen LogP contribution >= 0.6 is 23.1 Å². The summed E-state index contributed by atoms with van der Waals surface area (Å²) >= 11 is 2.49. The van der Waals surface area contributed by atoms with Gasteiger partial charge in [-0.15, -0.1) is 23.1 Å². The fourth-order valence-corrected chi connectivity index (χ4v) is 4.45. The van der Waals surface area contributed by atoms with E-state index in [4.69, 9.17) is 0 Å². The van der Waals surface area contributed by atoms with Crippen molar-refractivity contribution in [2.45, 2.75) is 13.3 Å². The molecule has 0 spiro atoms. The summed E-state index contributed by atoms with van der Waals surface area (Å²) < 4.78 is 1.44. The predicted molar refractivity (Wildman–Crippen MR) is 110 cm³/mol. The van der Waals surface area contributed by atoms with E-state index >= 15 is 0 Å². The number of para-hydroxylation sites is 1. The molecule has 8 nitrogen and oxygen atoms in total. The molecule has 0 saturated heterocycles. The number of aryl methyl sites for hydroxylation is 1. The molecule has 0 bridgehead atoms. The van der Waals surface area contributed by atoms with Crippen molar-refractivity contribution in [1.29, 1.82) is 0 Å². The van der Waals surface area contributed by atoms with Crippen LogP contribution in [0, 0.1) is 6.92 Å². The normalized spacial score (nSPS) is 13.0. The average Bonchev–Trinajstić information content (AvgIpc) is 3.27. The van der Waals surface area contributed by atoms with Crippen molar-refractivity contribution in [2.24, 2.45) is 0 Å². The zero-order chi connectivity index (χ0) is 19.7. The lowest BCUT2D eigenvalue weighted by atomic mass is 10.2. The maximum absolute atomic E-state index is 12.5. The molecule has 0 fully saturated rings. The summed E-state index contributed by atoms with van der Waals surface area (Å²) in [5.41, 5.74) is 2.03. The standard InChI is InChI=1S/C18H17N5O3S2/c1-11-17(26)20-18-23(21-11)14(8-28-18)19-15(24)9-27-10-16(25)22-7-6-12-4-2-3-5-13(12)22/h2-5,8H,6-7,9-10H2,1H3,(H,19,24). The lowest BCUT2D eigenvalue weighted by Crippen LogP contribution is -2.31. The molecule has 3 aromatic rings. The van der Waals surface area contributed by atoms with Crippen LogP contribution in [-0.4, -0.2) is 44.5 Å². The van der Waals surface area contributed by atoms with E-state index in [-0.39, 0.29) is 34.6 Å². The number of aromatic nitrogens is 3. The van der Waals surface area contributed by atoms with Crippen molar-refractivity contribution in [3.8, 4) is 0 Å². The number of nitrogens with one attached hydrogen (secondary N) is 1. The van der Waals surface area contributed by atoms with Gasteiger partial charge in [-0.3, -0.25) is 14.4 Å². The third-order valence-corrected chi connectivity index (χ3v) is 6.09. The largest absolute Gasteiger partial charge is 0.311 e. The van der Waals surface area contributed by atoms with Crippen molar-refractivity contribution >= 4 is 51.4 Å². The molecule has 0 atom stereocenters. The summed E-state index contributed by atoms with van der Waals surface area (Å²) in [5.74, 6) is 0.601. The molecule has 1 N–H and O–H groups in total. The van der Waals surface area contributed by atoms with Crippen LogP contribution in [0.1, 0.15) is 11.3 Å². The zero-order valence-corrected chi connectivity index (χ0v) is 16.7. The minimum atomic E-state index is -0.378. The highest BCUT2D eigenvalue weighted by molar-refractivity contribution is 8.00. The van der Waals surface area contributed by atoms with Gasteiger partial charge in [-0.25, -0.2) is 0 Å². The number of nitrogens with zero attached hydrogens (tertiary/aromatic N) is 4. The van der Waals surface area contributed by atoms with E-state index in [9.17, 15) is 14.4 Å². The Balaban J connectivity index is 1.33. The molecule has 1 aliphatic heterocycles. The average molecular weight is 416 g/mol. The van der Waals surface area contributed by atoms with Crippen molar-refractivity contribution < 1.29 is 9.59 Å². The van der Waals surface area contributed by atoms with Crippen molar-refractivity contribution in [3.63, 3.8) is 0 Å². The number of rotatable bonds is 5. The van der Waals surface area contributed by atoms with Gasteiger partial charge in [-0.2, -0.15) is 14.6 Å². The molecular formula is C18H17N5O3S2. The van der Waals surface area contributed by atoms with Crippen LogP contribution in [0.25, 0.3) is 4.96 Å². The topological polar surface area (TPSA) is 96.7 Å². The number of hydrogen-bond donors (Lipinski definition) is 1. The van der Waals surface area contributed by atoms with Gasteiger partial charge in [-0.1, -0.05) is 18.2 Å². The monoisotopic (exact) mass is 415 g/mol. The second kappa shape index (κ2) is 7.72. The Kier molecular flexibility index (Phi) is 5.14. The first-order chi connectivity index (χ1) is 13.5. The maximum atomic E-state index is 12.5. The molecule has 28 heavy (non-hydrogen) atoms. The highest BCUT2D eigenvalue weighted by Crippen LogP contribution is 2.28. The Morgan fingerprint density at radius 2 is 2.11 bits per heavy atom. The molecule has 1 aliphatic rings. The first-order valence-electron chi connectivity index (χ1n) is 8.64. The van der Waals surface area contributed by atoms with Gasteiger partial charge in [0.2, 0.25) is 16.8 Å². The molecule has 2 amide bonds. The third kappa shape index (κ3) is 3.65. The van der Waals surface area contributed by atoms with E-state index < -0.39 is 0 Å². The summed E-state index contributed by atoms with van der Waals surface area (Å²) in [4.78, 5) is 42.4. The van der Waals surface area contributed by atoms with Crippen LogP contribution in [0.3, 0.4) is 0 Å². The Morgan fingerprint density at radius 3 is 2.96 bits per heavy atom. The van der Waals surface area contributed by atoms with Gasteiger partial charge in [0.15, 0.2) is 0 Å². The highest BCUT2D eigenvalue weighted by Gasteiger charge is 2.24. The molecule has 0 radical (unpaired) electrons. The Labute approximate surface area is 168 Å². The number of hydrogen-bond acceptors (Lipinski definition) is 7. The molecule has 0 unspecified atom stereocenters. The number of thiazole rings is 1. The number of amides is 2.